The van der Waals surface area contributed by atoms with Gasteiger partial charge in [0, 0.05) is 45.1 Å². The number of nitrogens with zero attached hydrogens (tertiary/aromatic N) is 3. The van der Waals surface area contributed by atoms with E-state index in [1.807, 2.05) is 17.0 Å². The minimum Gasteiger partial charge on any atom is -0.372 e. The lowest BCUT2D eigenvalue weighted by Crippen LogP contribution is -2.49. The van der Waals surface area contributed by atoms with Gasteiger partial charge in [0.05, 0.1) is 17.4 Å². The summed E-state index contributed by atoms with van der Waals surface area (Å²) in [4.78, 5) is 16.3. The van der Waals surface area contributed by atoms with Crippen molar-refractivity contribution in [3.63, 3.8) is 0 Å². The van der Waals surface area contributed by atoms with Crippen molar-refractivity contribution < 1.29 is 22.7 Å². The number of nitriles is 1. The number of hydrogen-bond donors (Lipinski definition) is 0. The molecule has 1 amide bonds. The molecular weight excluding hydrogens is 391 g/mol. The van der Waals surface area contributed by atoms with Crippen LogP contribution in [0.1, 0.15) is 17.5 Å². The minimum absolute atomic E-state index is 0.0879. The van der Waals surface area contributed by atoms with Crippen molar-refractivity contribution in [3.05, 3.63) is 35.4 Å². The Morgan fingerprint density at radius 2 is 1.86 bits per heavy atom. The van der Waals surface area contributed by atoms with Crippen molar-refractivity contribution in [1.82, 2.24) is 9.80 Å². The SMILES string of the molecule is N#Cc1ccc(CSCC(=O)N2CCN(CCCOCC(F)(F)F)CC2)cc1. The molecule has 1 fully saturated rings. The van der Waals surface area contributed by atoms with Crippen LogP contribution in [0.2, 0.25) is 0 Å². The molecule has 2 rings (SSSR count). The molecule has 1 saturated heterocycles. The summed E-state index contributed by atoms with van der Waals surface area (Å²) in [5.41, 5.74) is 1.70. The minimum atomic E-state index is -4.27. The average molecular weight is 415 g/mol. The van der Waals surface area contributed by atoms with Crippen molar-refractivity contribution in [2.45, 2.75) is 18.3 Å². The highest BCUT2D eigenvalue weighted by Crippen LogP contribution is 2.15. The summed E-state index contributed by atoms with van der Waals surface area (Å²) in [5.74, 6) is 1.23. The predicted octanol–water partition coefficient (Wildman–Crippen LogP) is 2.90. The Morgan fingerprint density at radius 3 is 2.46 bits per heavy atom. The zero-order chi connectivity index (χ0) is 20.4. The zero-order valence-corrected chi connectivity index (χ0v) is 16.4. The maximum absolute atomic E-state index is 12.3. The van der Waals surface area contributed by atoms with E-state index in [4.69, 9.17) is 5.26 Å². The normalized spacial score (nSPS) is 15.4. The maximum atomic E-state index is 12.3. The summed E-state index contributed by atoms with van der Waals surface area (Å²) in [5, 5.41) is 8.79. The number of carbonyl (C=O) groups excluding carboxylic acids is 1. The molecule has 0 unspecified atom stereocenters. The summed E-state index contributed by atoms with van der Waals surface area (Å²) in [6.07, 6.45) is -3.73. The number of hydrogen-bond acceptors (Lipinski definition) is 5. The van der Waals surface area contributed by atoms with Crippen molar-refractivity contribution >= 4 is 17.7 Å². The highest BCUT2D eigenvalue weighted by Gasteiger charge is 2.27. The number of carbonyl (C=O) groups is 1. The first kappa shape index (κ1) is 22.5. The average Bonchev–Trinajstić information content (AvgIpc) is 2.68. The van der Waals surface area contributed by atoms with Crippen LogP contribution in [-0.2, 0) is 15.3 Å². The summed E-state index contributed by atoms with van der Waals surface area (Å²) in [6.45, 7) is 2.29. The Bertz CT molecular complexity index is 654. The van der Waals surface area contributed by atoms with Gasteiger partial charge in [0.1, 0.15) is 6.61 Å². The van der Waals surface area contributed by atoms with E-state index in [0.717, 1.165) is 24.4 Å². The molecule has 28 heavy (non-hydrogen) atoms. The van der Waals surface area contributed by atoms with Crippen LogP contribution in [0.5, 0.6) is 0 Å². The monoisotopic (exact) mass is 415 g/mol. The van der Waals surface area contributed by atoms with E-state index in [-0.39, 0.29) is 12.5 Å². The van der Waals surface area contributed by atoms with Gasteiger partial charge in [-0.2, -0.15) is 18.4 Å². The fraction of sp³-hybridized carbons (Fsp3) is 0.579. The van der Waals surface area contributed by atoms with E-state index in [9.17, 15) is 18.0 Å². The molecular formula is C19H24F3N3O2S. The Hall–Kier alpha value is -1.76. The second-order valence-corrected chi connectivity index (χ2v) is 7.53. The first-order valence-electron chi connectivity index (χ1n) is 9.09. The number of amides is 1. The topological polar surface area (TPSA) is 56.6 Å². The first-order chi connectivity index (χ1) is 13.4. The van der Waals surface area contributed by atoms with E-state index < -0.39 is 12.8 Å². The highest BCUT2D eigenvalue weighted by atomic mass is 32.2. The number of benzene rings is 1. The molecule has 0 N–H and O–H groups in total. The van der Waals surface area contributed by atoms with Crippen LogP contribution in [0, 0.1) is 11.3 Å². The molecule has 5 nitrogen and oxygen atoms in total. The molecule has 0 bridgehead atoms. The first-order valence-corrected chi connectivity index (χ1v) is 10.2. The van der Waals surface area contributed by atoms with E-state index in [1.165, 1.54) is 0 Å². The van der Waals surface area contributed by atoms with Gasteiger partial charge in [0.25, 0.3) is 0 Å². The zero-order valence-electron chi connectivity index (χ0n) is 15.6. The van der Waals surface area contributed by atoms with Crippen molar-refractivity contribution in [1.29, 1.82) is 5.26 Å². The molecule has 1 aromatic carbocycles. The molecule has 1 aliphatic heterocycles. The third-order valence-electron chi connectivity index (χ3n) is 4.33. The molecule has 0 aliphatic carbocycles. The Kier molecular flexibility index (Phi) is 9.09. The molecule has 9 heteroatoms. The molecule has 1 aliphatic rings. The second kappa shape index (κ2) is 11.3. The van der Waals surface area contributed by atoms with Crippen LogP contribution >= 0.6 is 11.8 Å². The van der Waals surface area contributed by atoms with E-state index in [0.29, 0.717) is 37.4 Å². The third-order valence-corrected chi connectivity index (χ3v) is 5.32. The molecule has 1 heterocycles. The van der Waals surface area contributed by atoms with Crippen molar-refractivity contribution in [2.24, 2.45) is 0 Å². The van der Waals surface area contributed by atoms with Crippen LogP contribution < -0.4 is 0 Å². The van der Waals surface area contributed by atoms with Gasteiger partial charge in [-0.15, -0.1) is 11.8 Å². The van der Waals surface area contributed by atoms with Gasteiger partial charge >= 0.3 is 6.18 Å². The van der Waals surface area contributed by atoms with Gasteiger partial charge in [0.2, 0.25) is 5.91 Å². The van der Waals surface area contributed by atoms with Gasteiger partial charge in [-0.3, -0.25) is 9.69 Å². The Morgan fingerprint density at radius 1 is 1.18 bits per heavy atom. The number of thioether (sulfide) groups is 1. The number of alkyl halides is 3. The molecule has 0 saturated carbocycles. The van der Waals surface area contributed by atoms with Gasteiger partial charge in [0.15, 0.2) is 0 Å². The van der Waals surface area contributed by atoms with E-state index in [1.54, 1.807) is 23.9 Å². The Balaban J connectivity index is 1.56. The Labute approximate surface area is 167 Å². The quantitative estimate of drug-likeness (QED) is 0.581. The van der Waals surface area contributed by atoms with Gasteiger partial charge in [-0.1, -0.05) is 12.1 Å². The predicted molar refractivity (Wildman–Crippen MR) is 102 cm³/mol. The van der Waals surface area contributed by atoms with Gasteiger partial charge in [-0.25, -0.2) is 0 Å². The summed E-state index contributed by atoms with van der Waals surface area (Å²) in [6, 6.07) is 9.41. The lowest BCUT2D eigenvalue weighted by atomic mass is 10.2. The van der Waals surface area contributed by atoms with E-state index in [2.05, 4.69) is 15.7 Å². The largest absolute Gasteiger partial charge is 0.411 e. The maximum Gasteiger partial charge on any atom is 0.411 e. The van der Waals surface area contributed by atoms with Crippen LogP contribution in [0.4, 0.5) is 13.2 Å². The fourth-order valence-corrected chi connectivity index (χ4v) is 3.71. The molecule has 0 aromatic heterocycles. The summed E-state index contributed by atoms with van der Waals surface area (Å²) < 4.78 is 40.6. The number of piperazine rings is 1. The summed E-state index contributed by atoms with van der Waals surface area (Å²) >= 11 is 1.55. The smallest absolute Gasteiger partial charge is 0.372 e. The number of ether oxygens (including phenoxy) is 1. The van der Waals surface area contributed by atoms with Crippen molar-refractivity contribution in [3.8, 4) is 6.07 Å². The molecule has 0 atom stereocenters. The van der Waals surface area contributed by atoms with Crippen LogP contribution in [-0.4, -0.2) is 73.6 Å². The highest BCUT2D eigenvalue weighted by molar-refractivity contribution is 7.99. The lowest BCUT2D eigenvalue weighted by Gasteiger charge is -2.34. The molecule has 0 radical (unpaired) electrons. The van der Waals surface area contributed by atoms with E-state index >= 15 is 0 Å². The van der Waals surface area contributed by atoms with Gasteiger partial charge in [-0.05, 0) is 24.1 Å². The van der Waals surface area contributed by atoms with Crippen LogP contribution in [0.25, 0.3) is 0 Å². The molecule has 154 valence electrons. The fourth-order valence-electron chi connectivity index (χ4n) is 2.82. The number of halogens is 3. The molecule has 1 aromatic rings. The lowest BCUT2D eigenvalue weighted by molar-refractivity contribution is -0.174. The third kappa shape index (κ3) is 8.50. The standard InChI is InChI=1S/C19H24F3N3O2S/c20-19(21,22)15-27-11-1-6-24-7-9-25(10-8-24)18(26)14-28-13-17-4-2-16(12-23)3-5-17/h2-5H,1,6-11,13-15H2. The second-order valence-electron chi connectivity index (χ2n) is 6.55. The van der Waals surface area contributed by atoms with Crippen LogP contribution in [0.15, 0.2) is 24.3 Å². The van der Waals surface area contributed by atoms with Gasteiger partial charge < -0.3 is 9.64 Å². The van der Waals surface area contributed by atoms with Crippen LogP contribution in [0.3, 0.4) is 0 Å². The summed E-state index contributed by atoms with van der Waals surface area (Å²) in [7, 11) is 0. The molecule has 0 spiro atoms. The van der Waals surface area contributed by atoms with Crippen molar-refractivity contribution in [2.75, 3.05) is 51.7 Å². The number of rotatable bonds is 9.